The molecule has 0 saturated heterocycles. The minimum atomic E-state index is -4.00. The molecule has 0 aliphatic rings. The normalized spacial score (nSPS) is 10.2. The van der Waals surface area contributed by atoms with Crippen molar-refractivity contribution in [3.63, 3.8) is 0 Å². The van der Waals surface area contributed by atoms with Crippen LogP contribution in [0.15, 0.2) is 35.2 Å². The predicted octanol–water partition coefficient (Wildman–Crippen LogP) is 1.53. The minimum Gasteiger partial charge on any atom is -0.282 e. The molecule has 0 radical (unpaired) electrons. The standard InChI is InChI=1S/C6H6O3S.C2H5.Na/c7-10(8,9)6-4-2-1-3-5-6;1-2;/h1-5H,(H,7,8,9);1H2,2H3;. The smallest absolute Gasteiger partial charge is 0.282 e. The van der Waals surface area contributed by atoms with Crippen LogP contribution in [0.4, 0.5) is 0 Å². The SMILES string of the molecule is C[CH2][Na].O=S(=O)(O)c1ccccc1. The van der Waals surface area contributed by atoms with E-state index < -0.39 is 10.1 Å². The van der Waals surface area contributed by atoms with Crippen molar-refractivity contribution in [1.29, 1.82) is 0 Å². The fourth-order valence-corrected chi connectivity index (χ4v) is 1.09. The molecule has 0 saturated carbocycles. The van der Waals surface area contributed by atoms with E-state index in [0.717, 1.165) is 0 Å². The fourth-order valence-electron chi connectivity index (χ4n) is 0.592. The molecule has 1 aromatic rings. The summed E-state index contributed by atoms with van der Waals surface area (Å²) in [6, 6.07) is 7.42. The molecule has 3 nitrogen and oxygen atoms in total. The molecule has 1 rings (SSSR count). The molecule has 0 aromatic heterocycles. The molecule has 0 bridgehead atoms. The second-order valence-electron chi connectivity index (χ2n) is 2.50. The molecule has 0 unspecified atom stereocenters. The van der Waals surface area contributed by atoms with Crippen LogP contribution in [0.5, 0.6) is 0 Å². The van der Waals surface area contributed by atoms with Gasteiger partial charge in [0.1, 0.15) is 0 Å². The average Bonchev–Trinajstić information content (AvgIpc) is 2.06. The Hall–Kier alpha value is 0.130. The van der Waals surface area contributed by atoms with E-state index in [2.05, 4.69) is 6.92 Å². The Balaban J connectivity index is 0.000000424. The number of hydrogen-bond donors (Lipinski definition) is 1. The summed E-state index contributed by atoms with van der Waals surface area (Å²) in [4.78, 5) is -0.0741. The monoisotopic (exact) mass is 210 g/mol. The van der Waals surface area contributed by atoms with Gasteiger partial charge in [0, 0.05) is 0 Å². The summed E-state index contributed by atoms with van der Waals surface area (Å²) >= 11 is 1.37. The van der Waals surface area contributed by atoms with E-state index in [9.17, 15) is 8.42 Å². The summed E-state index contributed by atoms with van der Waals surface area (Å²) in [6.07, 6.45) is 0. The first-order valence-electron chi connectivity index (χ1n) is 4.04. The topological polar surface area (TPSA) is 54.4 Å². The molecule has 68 valence electrons. The zero-order valence-electron chi connectivity index (χ0n) is 7.77. The third-order valence-corrected chi connectivity index (χ3v) is 1.91. The molecule has 13 heavy (non-hydrogen) atoms. The van der Waals surface area contributed by atoms with Crippen molar-refractivity contribution in [2.45, 2.75) is 15.5 Å². The molecular formula is C8H11NaO3S. The maximum Gasteiger partial charge on any atom is 0.294 e. The van der Waals surface area contributed by atoms with E-state index in [1.54, 1.807) is 18.2 Å². The van der Waals surface area contributed by atoms with Gasteiger partial charge in [-0.05, 0) is 12.1 Å². The van der Waals surface area contributed by atoms with Gasteiger partial charge in [-0.1, -0.05) is 18.2 Å². The van der Waals surface area contributed by atoms with Crippen molar-refractivity contribution >= 4 is 38.0 Å². The predicted molar refractivity (Wildman–Crippen MR) is 52.5 cm³/mol. The Morgan fingerprint density at radius 3 is 1.92 bits per heavy atom. The van der Waals surface area contributed by atoms with Crippen LogP contribution in [0.25, 0.3) is 0 Å². The van der Waals surface area contributed by atoms with Gasteiger partial charge in [0.2, 0.25) is 0 Å². The molecule has 1 aromatic carbocycles. The first-order valence-corrected chi connectivity index (χ1v) is 6.90. The molecule has 1 N–H and O–H groups in total. The van der Waals surface area contributed by atoms with Gasteiger partial charge in [-0.15, -0.1) is 0 Å². The maximum atomic E-state index is 10.4. The Morgan fingerprint density at radius 2 is 1.69 bits per heavy atom. The molecule has 0 heterocycles. The Bertz CT molecular complexity index is 321. The van der Waals surface area contributed by atoms with E-state index in [1.807, 2.05) is 0 Å². The molecule has 5 heteroatoms. The van der Waals surface area contributed by atoms with Gasteiger partial charge in [-0.3, -0.25) is 4.55 Å². The van der Waals surface area contributed by atoms with Gasteiger partial charge in [0.15, 0.2) is 0 Å². The van der Waals surface area contributed by atoms with E-state index in [4.69, 9.17) is 4.55 Å². The van der Waals surface area contributed by atoms with Gasteiger partial charge in [-0.25, -0.2) is 0 Å². The molecule has 0 amide bonds. The van der Waals surface area contributed by atoms with Gasteiger partial charge in [0.25, 0.3) is 10.1 Å². The largest absolute Gasteiger partial charge is 0.294 e. The summed E-state index contributed by atoms with van der Waals surface area (Å²) < 4.78 is 30.6. The molecule has 0 atom stereocenters. The van der Waals surface area contributed by atoms with Crippen LogP contribution in [0.3, 0.4) is 0 Å². The quantitative estimate of drug-likeness (QED) is 0.565. The Labute approximate surface area is 96.3 Å². The zero-order valence-corrected chi connectivity index (χ0v) is 10.6. The fraction of sp³-hybridized carbons (Fsp3) is 0.250. The maximum absolute atomic E-state index is 10.4. The van der Waals surface area contributed by atoms with Crippen molar-refractivity contribution in [3.05, 3.63) is 30.3 Å². The number of benzene rings is 1. The summed E-state index contributed by atoms with van der Waals surface area (Å²) in [7, 11) is -4.00. The van der Waals surface area contributed by atoms with E-state index in [-0.39, 0.29) is 4.90 Å². The van der Waals surface area contributed by atoms with Crippen LogP contribution < -0.4 is 0 Å². The van der Waals surface area contributed by atoms with Crippen LogP contribution in [0, 0.1) is 0 Å². The average molecular weight is 210 g/mol. The zero-order chi connectivity index (χ0) is 10.3. The summed E-state index contributed by atoms with van der Waals surface area (Å²) in [5, 5.41) is 0. The van der Waals surface area contributed by atoms with Crippen LogP contribution in [-0.2, 0) is 10.1 Å². The minimum absolute atomic E-state index is 0.0741. The van der Waals surface area contributed by atoms with Crippen molar-refractivity contribution < 1.29 is 13.0 Å². The van der Waals surface area contributed by atoms with Crippen molar-refractivity contribution in [3.8, 4) is 0 Å². The van der Waals surface area contributed by atoms with E-state index >= 15 is 0 Å². The third kappa shape index (κ3) is 6.23. The van der Waals surface area contributed by atoms with Crippen molar-refractivity contribution in [1.82, 2.24) is 0 Å². The molecule has 0 fully saturated rings. The second-order valence-corrected chi connectivity index (χ2v) is 5.33. The summed E-state index contributed by atoms with van der Waals surface area (Å²) in [5.41, 5.74) is 0. The second kappa shape index (κ2) is 6.56. The van der Waals surface area contributed by atoms with E-state index in [1.165, 1.54) is 43.7 Å². The molecule has 0 spiro atoms. The van der Waals surface area contributed by atoms with Crippen LogP contribution in [-0.4, -0.2) is 40.9 Å². The van der Waals surface area contributed by atoms with Crippen molar-refractivity contribution in [2.24, 2.45) is 0 Å². The number of hydrogen-bond acceptors (Lipinski definition) is 2. The Kier molecular flexibility index (Phi) is 6.63. The molecule has 0 aliphatic carbocycles. The van der Waals surface area contributed by atoms with Gasteiger partial charge < -0.3 is 0 Å². The van der Waals surface area contributed by atoms with Crippen LogP contribution >= 0.6 is 0 Å². The number of rotatable bonds is 1. The first kappa shape index (κ1) is 13.1. The van der Waals surface area contributed by atoms with Crippen LogP contribution in [0.1, 0.15) is 6.92 Å². The summed E-state index contributed by atoms with van der Waals surface area (Å²) in [5.74, 6) is 0. The van der Waals surface area contributed by atoms with Gasteiger partial charge in [-0.2, -0.15) is 8.42 Å². The third-order valence-electron chi connectivity index (χ3n) is 1.04. The Morgan fingerprint density at radius 1 is 1.31 bits per heavy atom. The van der Waals surface area contributed by atoms with Crippen molar-refractivity contribution in [2.75, 3.05) is 0 Å². The van der Waals surface area contributed by atoms with Gasteiger partial charge in [0.05, 0.1) is 4.90 Å². The first-order chi connectivity index (χ1) is 6.02. The van der Waals surface area contributed by atoms with Crippen LogP contribution in [0.2, 0.25) is 3.67 Å². The van der Waals surface area contributed by atoms with Gasteiger partial charge >= 0.3 is 38.5 Å². The molecule has 0 aliphatic heterocycles. The molecular weight excluding hydrogens is 199 g/mol. The van der Waals surface area contributed by atoms with E-state index in [0.29, 0.717) is 0 Å². The summed E-state index contributed by atoms with van der Waals surface area (Å²) in [6.45, 7) is 2.19.